The number of hydroxylamine groups is 2. The summed E-state index contributed by atoms with van der Waals surface area (Å²) in [6.07, 6.45) is 1.05. The first-order valence-electron chi connectivity index (χ1n) is 12.5. The minimum absolute atomic E-state index is 0.133. The molecule has 1 saturated heterocycles. The number of piperidine rings is 1. The summed E-state index contributed by atoms with van der Waals surface area (Å²) in [6, 6.07) is 35.7. The number of rotatable bonds is 10. The van der Waals surface area contributed by atoms with E-state index < -0.39 is 0 Å². The van der Waals surface area contributed by atoms with Gasteiger partial charge in [0.25, 0.3) is 0 Å². The largest absolute Gasteiger partial charge is 0.376 e. The lowest BCUT2D eigenvalue weighted by Gasteiger charge is -2.37. The summed E-state index contributed by atoms with van der Waals surface area (Å²) in [5.41, 5.74) is 3.57. The Hall–Kier alpha value is -3.02. The van der Waals surface area contributed by atoms with E-state index in [9.17, 15) is 0 Å². The third kappa shape index (κ3) is 6.77. The molecule has 0 aliphatic carbocycles. The van der Waals surface area contributed by atoms with Crippen LogP contribution in [0.15, 0.2) is 103 Å². The van der Waals surface area contributed by atoms with Crippen molar-refractivity contribution in [2.45, 2.75) is 32.3 Å². The normalized spacial score (nSPS) is 18.6. The molecule has 4 nitrogen and oxygen atoms in total. The lowest BCUT2D eigenvalue weighted by molar-refractivity contribution is -0.213. The molecule has 180 valence electrons. The van der Waals surface area contributed by atoms with E-state index in [2.05, 4.69) is 71.8 Å². The molecule has 4 aromatic rings. The molecular formula is C31H33NO3. The molecule has 0 N–H and O–H groups in total. The first-order chi connectivity index (χ1) is 17.3. The number of benzene rings is 4. The van der Waals surface area contributed by atoms with Crippen LogP contribution in [0.3, 0.4) is 0 Å². The van der Waals surface area contributed by atoms with Crippen molar-refractivity contribution in [3.63, 3.8) is 0 Å². The van der Waals surface area contributed by atoms with E-state index in [0.29, 0.717) is 26.4 Å². The fraction of sp³-hybridized carbons (Fsp3) is 0.290. The Kier molecular flexibility index (Phi) is 8.19. The highest BCUT2D eigenvalue weighted by Crippen LogP contribution is 2.24. The Labute approximate surface area is 208 Å². The van der Waals surface area contributed by atoms with Crippen molar-refractivity contribution in [1.82, 2.24) is 5.06 Å². The van der Waals surface area contributed by atoms with Crippen LogP contribution in [0.5, 0.6) is 0 Å². The average molecular weight is 468 g/mol. The summed E-state index contributed by atoms with van der Waals surface area (Å²) in [5.74, 6) is 0.240. The molecule has 1 aliphatic rings. The molecule has 0 bridgehead atoms. The van der Waals surface area contributed by atoms with Crippen molar-refractivity contribution in [3.8, 4) is 0 Å². The van der Waals surface area contributed by atoms with E-state index in [1.54, 1.807) is 0 Å². The van der Waals surface area contributed by atoms with E-state index in [0.717, 1.165) is 19.5 Å². The molecule has 0 spiro atoms. The molecule has 0 radical (unpaired) electrons. The summed E-state index contributed by atoms with van der Waals surface area (Å²) in [5, 5.41) is 4.59. The molecule has 4 heteroatoms. The standard InChI is InChI=1S/C31H33NO3/c1-3-9-25(10-4-1)21-33-24-30-20-32(35-23-26-11-5-2-6-12-26)18-17-31(30)34-22-27-15-16-28-13-7-8-14-29(28)19-27/h1-16,19,30-31H,17-18,20-24H2/t30-,31-/m1/s1. The van der Waals surface area contributed by atoms with Crippen LogP contribution in [0.4, 0.5) is 0 Å². The van der Waals surface area contributed by atoms with Crippen LogP contribution < -0.4 is 0 Å². The first kappa shape index (κ1) is 23.7. The fourth-order valence-corrected chi connectivity index (χ4v) is 4.65. The van der Waals surface area contributed by atoms with Gasteiger partial charge < -0.3 is 9.47 Å². The van der Waals surface area contributed by atoms with Crippen molar-refractivity contribution in [1.29, 1.82) is 0 Å². The Morgan fingerprint density at radius 2 is 1.34 bits per heavy atom. The maximum Gasteiger partial charge on any atom is 0.0935 e. The van der Waals surface area contributed by atoms with Gasteiger partial charge >= 0.3 is 0 Å². The van der Waals surface area contributed by atoms with Gasteiger partial charge in [0.1, 0.15) is 0 Å². The van der Waals surface area contributed by atoms with Gasteiger partial charge in [0.05, 0.1) is 32.5 Å². The second kappa shape index (κ2) is 12.1. The third-order valence-corrected chi connectivity index (χ3v) is 6.60. The summed E-state index contributed by atoms with van der Waals surface area (Å²) in [6.45, 7) is 4.09. The highest BCUT2D eigenvalue weighted by atomic mass is 16.7. The molecule has 4 aromatic carbocycles. The van der Waals surface area contributed by atoms with Gasteiger partial charge in [-0.05, 0) is 39.9 Å². The lowest BCUT2D eigenvalue weighted by atomic mass is 9.96. The Morgan fingerprint density at radius 1 is 0.657 bits per heavy atom. The van der Waals surface area contributed by atoms with Crippen molar-refractivity contribution >= 4 is 10.8 Å². The molecule has 5 rings (SSSR count). The molecule has 0 unspecified atom stereocenters. The molecular weight excluding hydrogens is 434 g/mol. The quantitative estimate of drug-likeness (QED) is 0.270. The molecule has 0 saturated carbocycles. The van der Waals surface area contributed by atoms with Crippen molar-refractivity contribution in [2.75, 3.05) is 19.7 Å². The maximum absolute atomic E-state index is 6.48. The van der Waals surface area contributed by atoms with Gasteiger partial charge in [0, 0.05) is 19.0 Å². The Morgan fingerprint density at radius 3 is 2.11 bits per heavy atom. The van der Waals surface area contributed by atoms with Crippen LogP contribution in [0.25, 0.3) is 10.8 Å². The van der Waals surface area contributed by atoms with E-state index in [4.69, 9.17) is 14.3 Å². The fourth-order valence-electron chi connectivity index (χ4n) is 4.65. The van der Waals surface area contributed by atoms with Gasteiger partial charge in [-0.15, -0.1) is 0 Å². The molecule has 1 aliphatic heterocycles. The van der Waals surface area contributed by atoms with Crippen molar-refractivity contribution in [2.24, 2.45) is 5.92 Å². The molecule has 0 amide bonds. The highest BCUT2D eigenvalue weighted by Gasteiger charge is 2.31. The zero-order valence-electron chi connectivity index (χ0n) is 20.1. The van der Waals surface area contributed by atoms with Gasteiger partial charge in [-0.2, -0.15) is 5.06 Å². The first-order valence-corrected chi connectivity index (χ1v) is 12.5. The van der Waals surface area contributed by atoms with Crippen LogP contribution in [0, 0.1) is 5.92 Å². The topological polar surface area (TPSA) is 30.9 Å². The monoisotopic (exact) mass is 467 g/mol. The summed E-state index contributed by atoms with van der Waals surface area (Å²) in [4.78, 5) is 6.15. The predicted octanol–water partition coefficient (Wildman–Crippen LogP) is 6.40. The second-order valence-electron chi connectivity index (χ2n) is 9.23. The Balaban J connectivity index is 1.19. The second-order valence-corrected chi connectivity index (χ2v) is 9.23. The van der Waals surface area contributed by atoms with Gasteiger partial charge in [0.2, 0.25) is 0 Å². The summed E-state index contributed by atoms with van der Waals surface area (Å²) in [7, 11) is 0. The summed E-state index contributed by atoms with van der Waals surface area (Å²) < 4.78 is 12.6. The smallest absolute Gasteiger partial charge is 0.0935 e. The molecule has 0 aromatic heterocycles. The molecule has 35 heavy (non-hydrogen) atoms. The van der Waals surface area contributed by atoms with E-state index >= 15 is 0 Å². The van der Waals surface area contributed by atoms with Crippen LogP contribution in [-0.2, 0) is 34.1 Å². The van der Waals surface area contributed by atoms with E-state index in [1.165, 1.54) is 27.5 Å². The number of ether oxygens (including phenoxy) is 2. The maximum atomic E-state index is 6.48. The van der Waals surface area contributed by atoms with Crippen molar-refractivity contribution in [3.05, 3.63) is 120 Å². The minimum atomic E-state index is 0.133. The zero-order chi connectivity index (χ0) is 23.7. The zero-order valence-corrected chi connectivity index (χ0v) is 20.1. The molecule has 1 heterocycles. The van der Waals surface area contributed by atoms with E-state index in [1.807, 2.05) is 36.4 Å². The van der Waals surface area contributed by atoms with E-state index in [-0.39, 0.29) is 12.0 Å². The molecule has 1 fully saturated rings. The van der Waals surface area contributed by atoms with Crippen LogP contribution in [-0.4, -0.2) is 30.9 Å². The lowest BCUT2D eigenvalue weighted by Crippen LogP contribution is -2.45. The number of hydrogen-bond donors (Lipinski definition) is 0. The van der Waals surface area contributed by atoms with Gasteiger partial charge in [-0.3, -0.25) is 4.84 Å². The number of nitrogens with zero attached hydrogens (tertiary/aromatic N) is 1. The minimum Gasteiger partial charge on any atom is -0.376 e. The average Bonchev–Trinajstić information content (AvgIpc) is 2.92. The van der Waals surface area contributed by atoms with Crippen molar-refractivity contribution < 1.29 is 14.3 Å². The highest BCUT2D eigenvalue weighted by molar-refractivity contribution is 5.82. The Bertz CT molecular complexity index is 1180. The predicted molar refractivity (Wildman–Crippen MR) is 140 cm³/mol. The van der Waals surface area contributed by atoms with Gasteiger partial charge in [-0.25, -0.2) is 0 Å². The van der Waals surface area contributed by atoms with Gasteiger partial charge in [-0.1, -0.05) is 97.1 Å². The number of hydrogen-bond acceptors (Lipinski definition) is 4. The van der Waals surface area contributed by atoms with Crippen LogP contribution >= 0.6 is 0 Å². The number of fused-ring (bicyclic) bond motifs is 1. The SMILES string of the molecule is c1ccc(COC[C@H]2CN(OCc3ccccc3)CC[C@H]2OCc2ccc3ccccc3c2)cc1. The third-order valence-electron chi connectivity index (χ3n) is 6.60. The van der Waals surface area contributed by atoms with Crippen LogP contribution in [0.1, 0.15) is 23.1 Å². The summed E-state index contributed by atoms with van der Waals surface area (Å²) >= 11 is 0. The molecule has 2 atom stereocenters. The van der Waals surface area contributed by atoms with Gasteiger partial charge in [0.15, 0.2) is 0 Å². The van der Waals surface area contributed by atoms with Crippen LogP contribution in [0.2, 0.25) is 0 Å².